The van der Waals surface area contributed by atoms with Gasteiger partial charge in [-0.2, -0.15) is 0 Å². The summed E-state index contributed by atoms with van der Waals surface area (Å²) in [4.78, 5) is 20.0. The molecule has 0 radical (unpaired) electrons. The van der Waals surface area contributed by atoms with Crippen LogP contribution in [0.25, 0.3) is 98.5 Å². The van der Waals surface area contributed by atoms with Gasteiger partial charge in [0.05, 0.1) is 27.9 Å². The molecule has 4 heteroatoms. The average molecular weight is 663 g/mol. The van der Waals surface area contributed by atoms with Gasteiger partial charge >= 0.3 is 0 Å². The maximum absolute atomic E-state index is 5.42. The summed E-state index contributed by atoms with van der Waals surface area (Å²) in [6.07, 6.45) is 7.60. The van der Waals surface area contributed by atoms with Crippen LogP contribution in [-0.4, -0.2) is 21.2 Å². The first-order valence-electron chi connectivity index (χ1n) is 17.9. The monoisotopic (exact) mass is 662 g/mol. The Morgan fingerprint density at radius 3 is 1.98 bits per heavy atom. The lowest BCUT2D eigenvalue weighted by Crippen LogP contribution is -2.00. The fourth-order valence-corrected chi connectivity index (χ4v) is 8.56. The van der Waals surface area contributed by atoms with E-state index in [1.807, 2.05) is 24.5 Å². The first-order valence-corrected chi connectivity index (χ1v) is 17.9. The highest BCUT2D eigenvalue weighted by molar-refractivity contribution is 6.33. The lowest BCUT2D eigenvalue weighted by atomic mass is 9.86. The molecular weight excluding hydrogens is 633 g/mol. The van der Waals surface area contributed by atoms with Gasteiger partial charge in [0.1, 0.15) is 0 Å². The van der Waals surface area contributed by atoms with Gasteiger partial charge in [0.15, 0.2) is 0 Å². The van der Waals surface area contributed by atoms with Crippen molar-refractivity contribution < 1.29 is 0 Å². The highest BCUT2D eigenvalue weighted by Gasteiger charge is 2.22. The number of para-hydroxylation sites is 1. The van der Waals surface area contributed by atoms with Crippen LogP contribution < -0.4 is 0 Å². The molecule has 10 aromatic rings. The van der Waals surface area contributed by atoms with Crippen LogP contribution in [0.3, 0.4) is 0 Å². The van der Waals surface area contributed by atoms with Gasteiger partial charge in [0.2, 0.25) is 0 Å². The molecule has 7 aromatic carbocycles. The van der Waals surface area contributed by atoms with Crippen LogP contribution >= 0.6 is 0 Å². The second kappa shape index (κ2) is 11.4. The minimum Gasteiger partial charge on any atom is -0.260 e. The first kappa shape index (κ1) is 29.0. The third-order valence-corrected chi connectivity index (χ3v) is 10.8. The van der Waals surface area contributed by atoms with Gasteiger partial charge in [-0.3, -0.25) is 15.0 Å². The summed E-state index contributed by atoms with van der Waals surface area (Å²) < 4.78 is 0. The van der Waals surface area contributed by atoms with Crippen molar-refractivity contribution in [3.05, 3.63) is 157 Å². The number of pyridine rings is 3. The molecule has 52 heavy (non-hydrogen) atoms. The Morgan fingerprint density at radius 1 is 0.462 bits per heavy atom. The molecule has 0 saturated carbocycles. The van der Waals surface area contributed by atoms with Crippen molar-refractivity contribution in [2.24, 2.45) is 4.99 Å². The average Bonchev–Trinajstić information content (AvgIpc) is 3.22. The molecule has 0 saturated heterocycles. The van der Waals surface area contributed by atoms with Crippen molar-refractivity contribution in [2.45, 2.75) is 12.8 Å². The molecule has 0 amide bonds. The highest BCUT2D eigenvalue weighted by Crippen LogP contribution is 2.46. The van der Waals surface area contributed by atoms with Gasteiger partial charge < -0.3 is 0 Å². The molecular formula is C48H30N4. The lowest BCUT2D eigenvalue weighted by molar-refractivity contribution is 1.03. The third kappa shape index (κ3) is 4.28. The Bertz CT molecular complexity index is 3140. The number of rotatable bonds is 3. The minimum absolute atomic E-state index is 0.906. The molecule has 0 unspecified atom stereocenters. The molecule has 0 spiro atoms. The van der Waals surface area contributed by atoms with Gasteiger partial charge in [0, 0.05) is 56.7 Å². The van der Waals surface area contributed by atoms with Crippen molar-refractivity contribution in [1.82, 2.24) is 15.0 Å². The topological polar surface area (TPSA) is 51.0 Å². The molecule has 0 atom stereocenters. The van der Waals surface area contributed by atoms with E-state index in [0.717, 1.165) is 68.2 Å². The minimum atomic E-state index is 0.906. The first-order chi connectivity index (χ1) is 25.8. The Morgan fingerprint density at radius 2 is 1.13 bits per heavy atom. The second-order valence-electron chi connectivity index (χ2n) is 13.6. The SMILES string of the molecule is C1=Nc2c(-c3cccc(-c4nc5ccccc5c5c6ccccc6c6ccccc6c45)c3)ccc(-c3cc4cccnc4c4ncccc34)c2CC1. The van der Waals surface area contributed by atoms with Crippen molar-refractivity contribution in [3.8, 4) is 33.5 Å². The summed E-state index contributed by atoms with van der Waals surface area (Å²) in [7, 11) is 0. The summed E-state index contributed by atoms with van der Waals surface area (Å²) in [6.45, 7) is 0. The number of hydrogen-bond donors (Lipinski definition) is 0. The third-order valence-electron chi connectivity index (χ3n) is 10.8. The van der Waals surface area contributed by atoms with E-state index < -0.39 is 0 Å². The number of nitrogens with zero attached hydrogens (tertiary/aromatic N) is 4. The molecule has 0 aliphatic carbocycles. The predicted molar refractivity (Wildman–Crippen MR) is 218 cm³/mol. The molecule has 4 heterocycles. The van der Waals surface area contributed by atoms with E-state index in [0.29, 0.717) is 0 Å². The van der Waals surface area contributed by atoms with E-state index in [-0.39, 0.29) is 0 Å². The normalized spacial score (nSPS) is 12.8. The fourth-order valence-electron chi connectivity index (χ4n) is 8.56. The number of hydrogen-bond acceptors (Lipinski definition) is 4. The second-order valence-corrected chi connectivity index (χ2v) is 13.6. The largest absolute Gasteiger partial charge is 0.260 e. The molecule has 0 fully saturated rings. The molecule has 0 N–H and O–H groups in total. The Balaban J connectivity index is 1.15. The maximum Gasteiger partial charge on any atom is 0.0970 e. The van der Waals surface area contributed by atoms with Gasteiger partial charge in [-0.15, -0.1) is 0 Å². The van der Waals surface area contributed by atoms with Crippen LogP contribution in [0.15, 0.2) is 157 Å². The fraction of sp³-hybridized carbons (Fsp3) is 0.0417. The van der Waals surface area contributed by atoms with Gasteiger partial charge in [-0.05, 0) is 87.0 Å². The van der Waals surface area contributed by atoms with Crippen molar-refractivity contribution >= 4 is 76.9 Å². The number of aromatic nitrogens is 3. The van der Waals surface area contributed by atoms with Crippen LogP contribution in [0.4, 0.5) is 5.69 Å². The molecule has 4 nitrogen and oxygen atoms in total. The van der Waals surface area contributed by atoms with Crippen LogP contribution in [0.2, 0.25) is 0 Å². The number of benzene rings is 7. The van der Waals surface area contributed by atoms with Crippen LogP contribution in [0.5, 0.6) is 0 Å². The zero-order valence-electron chi connectivity index (χ0n) is 28.2. The van der Waals surface area contributed by atoms with Crippen molar-refractivity contribution in [2.75, 3.05) is 0 Å². The maximum atomic E-state index is 5.42. The van der Waals surface area contributed by atoms with Crippen LogP contribution in [-0.2, 0) is 6.42 Å². The summed E-state index contributed by atoms with van der Waals surface area (Å²) in [5.41, 5.74) is 11.9. The van der Waals surface area contributed by atoms with E-state index in [9.17, 15) is 0 Å². The Kier molecular flexibility index (Phi) is 6.34. The van der Waals surface area contributed by atoms with Crippen molar-refractivity contribution in [1.29, 1.82) is 0 Å². The summed E-state index contributed by atoms with van der Waals surface area (Å²) in [6, 6.07) is 50.1. The van der Waals surface area contributed by atoms with E-state index in [4.69, 9.17) is 19.9 Å². The van der Waals surface area contributed by atoms with E-state index in [2.05, 4.69) is 134 Å². The quantitative estimate of drug-likeness (QED) is 0.177. The Hall–Kier alpha value is -6.78. The summed E-state index contributed by atoms with van der Waals surface area (Å²) >= 11 is 0. The van der Waals surface area contributed by atoms with Gasteiger partial charge in [-0.25, -0.2) is 4.98 Å². The molecule has 11 rings (SSSR count). The highest BCUT2D eigenvalue weighted by atomic mass is 14.8. The van der Waals surface area contributed by atoms with E-state index in [1.54, 1.807) is 0 Å². The van der Waals surface area contributed by atoms with E-state index >= 15 is 0 Å². The molecule has 0 bridgehead atoms. The standard InChI is InChI=1S/C48H30N4/c1-3-16-36-33(14-1)34-15-2-4-17-37(34)44-43(36)40-18-5-6-21-42(40)52-45(44)30-12-7-11-29(27-30)32-22-23-35(38-19-9-25-50-47(32)38)41-28-31-13-8-24-49-46(31)48-39(41)20-10-26-51-48/h1-8,10-18,20-28H,9,19H2. The number of fused-ring (bicyclic) bond motifs is 12. The van der Waals surface area contributed by atoms with Gasteiger partial charge in [0.25, 0.3) is 0 Å². The molecule has 1 aliphatic rings. The molecule has 3 aromatic heterocycles. The van der Waals surface area contributed by atoms with Crippen LogP contribution in [0, 0.1) is 0 Å². The molecule has 242 valence electrons. The predicted octanol–water partition coefficient (Wildman–Crippen LogP) is 12.4. The molecule has 1 aliphatic heterocycles. The number of aliphatic imine (C=N–C) groups is 1. The Labute approximate surface area is 299 Å². The summed E-state index contributed by atoms with van der Waals surface area (Å²) in [5.74, 6) is 0. The zero-order valence-corrected chi connectivity index (χ0v) is 28.2. The zero-order chi connectivity index (χ0) is 34.2. The van der Waals surface area contributed by atoms with Crippen LogP contribution in [0.1, 0.15) is 12.0 Å². The van der Waals surface area contributed by atoms with E-state index in [1.165, 1.54) is 54.4 Å². The van der Waals surface area contributed by atoms with Gasteiger partial charge in [-0.1, -0.05) is 109 Å². The lowest BCUT2D eigenvalue weighted by Gasteiger charge is -2.21. The summed E-state index contributed by atoms with van der Waals surface area (Å²) in [5, 5.41) is 10.8. The smallest absolute Gasteiger partial charge is 0.0970 e. The van der Waals surface area contributed by atoms with Crippen molar-refractivity contribution in [3.63, 3.8) is 0 Å².